The van der Waals surface area contributed by atoms with E-state index in [-0.39, 0.29) is 5.76 Å². The lowest BCUT2D eigenvalue weighted by atomic mass is 10.1. The van der Waals surface area contributed by atoms with Gasteiger partial charge in [0.2, 0.25) is 11.6 Å². The predicted molar refractivity (Wildman–Crippen MR) is 125 cm³/mol. The van der Waals surface area contributed by atoms with E-state index >= 15 is 0 Å². The van der Waals surface area contributed by atoms with Gasteiger partial charge >= 0.3 is 5.97 Å². The van der Waals surface area contributed by atoms with Crippen LogP contribution in [0.5, 0.6) is 11.6 Å². The van der Waals surface area contributed by atoms with Crippen molar-refractivity contribution >= 4 is 29.2 Å². The zero-order chi connectivity index (χ0) is 23.5. The fourth-order valence-electron chi connectivity index (χ4n) is 3.13. The van der Waals surface area contributed by atoms with E-state index in [1.165, 1.54) is 24.0 Å². The van der Waals surface area contributed by atoms with Crippen molar-refractivity contribution in [1.29, 1.82) is 0 Å². The Labute approximate surface area is 202 Å². The Morgan fingerprint density at radius 2 is 2.00 bits per heavy atom. The maximum Gasteiger partial charge on any atom is 0.371 e. The number of carboxylic acids is 1. The first-order valence-corrected chi connectivity index (χ1v) is 11.3. The molecular weight excluding hydrogens is 469 g/mol. The molecule has 7 nitrogen and oxygen atoms in total. The molecule has 1 saturated heterocycles. The van der Waals surface area contributed by atoms with Crippen molar-refractivity contribution in [3.63, 3.8) is 0 Å². The van der Waals surface area contributed by atoms with E-state index in [4.69, 9.17) is 42.5 Å². The second-order valence-corrected chi connectivity index (χ2v) is 8.09. The van der Waals surface area contributed by atoms with Gasteiger partial charge in [-0.15, -0.1) is 0 Å². The van der Waals surface area contributed by atoms with Gasteiger partial charge < -0.3 is 23.7 Å². The summed E-state index contributed by atoms with van der Waals surface area (Å²) in [4.78, 5) is 14.2. The molecule has 3 heterocycles. The number of carboxylic acid groups (broad SMARTS) is 1. The summed E-state index contributed by atoms with van der Waals surface area (Å²) in [5.41, 5.74) is 1.20. The number of ether oxygens (including phenoxy) is 3. The van der Waals surface area contributed by atoms with E-state index in [1.54, 1.807) is 24.4 Å². The van der Waals surface area contributed by atoms with Crippen LogP contribution in [-0.2, 0) is 11.2 Å². The Morgan fingerprint density at radius 1 is 1.15 bits per heavy atom. The lowest BCUT2D eigenvalue weighted by Crippen LogP contribution is -2.09. The first-order valence-electron chi connectivity index (χ1n) is 10.6. The van der Waals surface area contributed by atoms with Crippen LogP contribution < -0.4 is 9.47 Å². The minimum atomic E-state index is -1.03. The van der Waals surface area contributed by atoms with Gasteiger partial charge in [0.05, 0.1) is 30.6 Å². The van der Waals surface area contributed by atoms with Crippen LogP contribution in [0.2, 0.25) is 10.0 Å². The number of halogens is 2. The Hall–Kier alpha value is -2.74. The topological polar surface area (TPSA) is 91.0 Å². The Bertz CT molecular complexity index is 1010. The average molecular weight is 494 g/mol. The van der Waals surface area contributed by atoms with Crippen LogP contribution in [-0.4, -0.2) is 42.0 Å². The van der Waals surface area contributed by atoms with Crippen molar-refractivity contribution in [2.24, 2.45) is 0 Å². The number of carbonyl (C=O) groups is 1. The van der Waals surface area contributed by atoms with Gasteiger partial charge in [0.1, 0.15) is 5.75 Å². The molecule has 1 aliphatic heterocycles. The zero-order valence-electron chi connectivity index (χ0n) is 17.9. The highest BCUT2D eigenvalue weighted by molar-refractivity contribution is 6.35. The molecule has 2 aromatic heterocycles. The van der Waals surface area contributed by atoms with Crippen molar-refractivity contribution < 1.29 is 28.5 Å². The van der Waals surface area contributed by atoms with Crippen LogP contribution in [0.25, 0.3) is 0 Å². The second-order valence-electron chi connectivity index (χ2n) is 7.25. The molecule has 0 radical (unpaired) electrons. The molecule has 1 fully saturated rings. The van der Waals surface area contributed by atoms with Crippen molar-refractivity contribution in [2.45, 2.75) is 31.8 Å². The average Bonchev–Trinajstić information content (AvgIpc) is 3.50. The third-order valence-electron chi connectivity index (χ3n) is 4.71. The van der Waals surface area contributed by atoms with Gasteiger partial charge in [-0.1, -0.05) is 23.2 Å². The van der Waals surface area contributed by atoms with Crippen LogP contribution in [0.1, 0.15) is 35.4 Å². The summed E-state index contributed by atoms with van der Waals surface area (Å²) >= 11 is 11.9. The molecule has 0 spiro atoms. The quantitative estimate of drug-likeness (QED) is 0.369. The van der Waals surface area contributed by atoms with E-state index in [2.05, 4.69) is 9.40 Å². The summed E-state index contributed by atoms with van der Waals surface area (Å²) in [6.45, 7) is 1.91. The smallest absolute Gasteiger partial charge is 0.371 e. The van der Waals surface area contributed by atoms with Crippen molar-refractivity contribution in [1.82, 2.24) is 4.98 Å². The summed E-state index contributed by atoms with van der Waals surface area (Å²) in [5, 5.41) is 9.28. The largest absolute Gasteiger partial charge is 0.492 e. The van der Waals surface area contributed by atoms with Gasteiger partial charge in [-0.2, -0.15) is 0 Å². The standard InChI is InChI=1S/C19H21Cl2NO3.C5H4O3/c20-15-4-5-18(17(21)13-15)24-9-2-10-25-19-12-14(6-7-22-19)11-16-3-1-8-23-16;6-5(7)4-2-1-3-8-4/h4-7,12-13,16H,1-3,8-11H2;1-3H,(H,6,7). The van der Waals surface area contributed by atoms with E-state index in [1.807, 2.05) is 12.1 Å². The van der Waals surface area contributed by atoms with Gasteiger partial charge in [0, 0.05) is 30.3 Å². The molecule has 4 rings (SSSR count). The van der Waals surface area contributed by atoms with Crippen LogP contribution in [0.4, 0.5) is 0 Å². The molecule has 1 N–H and O–H groups in total. The van der Waals surface area contributed by atoms with Crippen LogP contribution in [0.15, 0.2) is 59.3 Å². The lowest BCUT2D eigenvalue weighted by molar-refractivity contribution is 0.0662. The molecule has 9 heteroatoms. The summed E-state index contributed by atoms with van der Waals surface area (Å²) in [6, 6.07) is 12.1. The molecule has 33 heavy (non-hydrogen) atoms. The van der Waals surface area contributed by atoms with Crippen LogP contribution >= 0.6 is 23.2 Å². The first kappa shape index (κ1) is 24.9. The van der Waals surface area contributed by atoms with Gasteiger partial charge in [0.25, 0.3) is 0 Å². The first-order chi connectivity index (χ1) is 16.0. The summed E-state index contributed by atoms with van der Waals surface area (Å²) in [6.07, 6.45) is 7.35. The Balaban J connectivity index is 0.000000323. The number of pyridine rings is 1. The third-order valence-corrected chi connectivity index (χ3v) is 5.24. The molecule has 1 unspecified atom stereocenters. The highest BCUT2D eigenvalue weighted by atomic mass is 35.5. The van der Waals surface area contributed by atoms with Crippen molar-refractivity contribution in [3.8, 4) is 11.6 Å². The summed E-state index contributed by atoms with van der Waals surface area (Å²) in [7, 11) is 0. The molecule has 1 atom stereocenters. The number of nitrogens with zero attached hydrogens (tertiary/aromatic N) is 1. The molecule has 0 bridgehead atoms. The summed E-state index contributed by atoms with van der Waals surface area (Å²) in [5.74, 6) is 0.211. The fourth-order valence-corrected chi connectivity index (χ4v) is 3.60. The Kier molecular flexibility index (Phi) is 9.87. The van der Waals surface area contributed by atoms with Crippen molar-refractivity contribution in [2.75, 3.05) is 19.8 Å². The SMILES string of the molecule is Clc1ccc(OCCCOc2cc(CC3CCCO3)ccn2)c(Cl)c1.O=C(O)c1ccco1. The van der Waals surface area contributed by atoms with Crippen LogP contribution in [0, 0.1) is 0 Å². The number of hydrogen-bond acceptors (Lipinski definition) is 6. The van der Waals surface area contributed by atoms with Gasteiger partial charge in [0.15, 0.2) is 0 Å². The van der Waals surface area contributed by atoms with Crippen molar-refractivity contribution in [3.05, 3.63) is 76.3 Å². The monoisotopic (exact) mass is 493 g/mol. The van der Waals surface area contributed by atoms with Gasteiger partial charge in [-0.25, -0.2) is 9.78 Å². The number of aromatic nitrogens is 1. The molecule has 0 amide bonds. The van der Waals surface area contributed by atoms with E-state index in [9.17, 15) is 4.79 Å². The number of rotatable bonds is 9. The van der Waals surface area contributed by atoms with Gasteiger partial charge in [-0.3, -0.25) is 0 Å². The predicted octanol–water partition coefficient (Wildman–Crippen LogP) is 5.94. The molecule has 1 aromatic carbocycles. The highest BCUT2D eigenvalue weighted by Crippen LogP contribution is 2.27. The van der Waals surface area contributed by atoms with Gasteiger partial charge in [-0.05, 0) is 61.2 Å². The van der Waals surface area contributed by atoms with E-state index in [0.717, 1.165) is 32.3 Å². The third kappa shape index (κ3) is 8.61. The fraction of sp³-hybridized carbons (Fsp3) is 0.333. The molecule has 176 valence electrons. The molecule has 0 saturated carbocycles. The van der Waals surface area contributed by atoms with E-state index in [0.29, 0.717) is 41.0 Å². The minimum absolute atomic E-state index is 0.0231. The van der Waals surface area contributed by atoms with E-state index < -0.39 is 5.97 Å². The molecular formula is C24H25Cl2NO6. The highest BCUT2D eigenvalue weighted by Gasteiger charge is 2.16. The number of furan rings is 1. The molecule has 1 aliphatic rings. The molecule has 0 aliphatic carbocycles. The molecule has 3 aromatic rings. The minimum Gasteiger partial charge on any atom is -0.492 e. The number of benzene rings is 1. The maximum atomic E-state index is 9.97. The summed E-state index contributed by atoms with van der Waals surface area (Å²) < 4.78 is 21.5. The number of aromatic carboxylic acids is 1. The second kappa shape index (κ2) is 13.1. The number of hydrogen-bond donors (Lipinski definition) is 1. The zero-order valence-corrected chi connectivity index (χ0v) is 19.4. The Morgan fingerprint density at radius 3 is 2.67 bits per heavy atom. The normalized spacial score (nSPS) is 14.9. The van der Waals surface area contributed by atoms with Crippen LogP contribution in [0.3, 0.4) is 0 Å². The maximum absolute atomic E-state index is 9.97. The lowest BCUT2D eigenvalue weighted by Gasteiger charge is -2.11.